The first-order valence-electron chi connectivity index (χ1n) is 6.41. The van der Waals surface area contributed by atoms with Crippen molar-refractivity contribution >= 4 is 17.5 Å². The average Bonchev–Trinajstić information content (AvgIpc) is 2.73. The molecule has 2 aromatic heterocycles. The topological polar surface area (TPSA) is 81.1 Å². The minimum Gasteiger partial charge on any atom is -0.387 e. The molecule has 20 heavy (non-hydrogen) atoms. The maximum atomic E-state index is 11.7. The highest BCUT2D eigenvalue weighted by Gasteiger charge is 2.31. The fourth-order valence-electron chi connectivity index (χ4n) is 2.78. The number of pyridine rings is 1. The van der Waals surface area contributed by atoms with Gasteiger partial charge in [-0.1, -0.05) is 11.6 Å². The lowest BCUT2D eigenvalue weighted by Crippen LogP contribution is -2.20. The number of nitrogens with zero attached hydrogens (tertiary/aromatic N) is 2. The summed E-state index contributed by atoms with van der Waals surface area (Å²) < 4.78 is 1.88. The lowest BCUT2D eigenvalue weighted by atomic mass is 10.0. The fourth-order valence-corrected chi connectivity index (χ4v) is 3.18. The molecule has 1 aliphatic heterocycles. The summed E-state index contributed by atoms with van der Waals surface area (Å²) in [6.45, 7) is 0.698. The summed E-state index contributed by atoms with van der Waals surface area (Å²) in [5.41, 5.74) is 7.67. The number of primary amides is 1. The van der Waals surface area contributed by atoms with Crippen LogP contribution < -0.4 is 5.73 Å². The van der Waals surface area contributed by atoms with Crippen molar-refractivity contribution in [3.05, 3.63) is 40.8 Å². The second-order valence-electron chi connectivity index (χ2n) is 4.84. The van der Waals surface area contributed by atoms with E-state index in [2.05, 4.69) is 4.98 Å². The molecular weight excluding hydrogens is 278 g/mol. The van der Waals surface area contributed by atoms with Crippen LogP contribution in [0, 0.1) is 0 Å². The van der Waals surface area contributed by atoms with Crippen molar-refractivity contribution in [3.63, 3.8) is 0 Å². The monoisotopic (exact) mass is 291 g/mol. The summed E-state index contributed by atoms with van der Waals surface area (Å²) in [4.78, 5) is 15.8. The van der Waals surface area contributed by atoms with E-state index in [0.717, 1.165) is 12.0 Å². The first-order chi connectivity index (χ1) is 9.61. The molecule has 5 nitrogen and oxygen atoms in total. The van der Waals surface area contributed by atoms with E-state index in [0.29, 0.717) is 29.4 Å². The molecule has 0 fully saturated rings. The van der Waals surface area contributed by atoms with Gasteiger partial charge in [0.15, 0.2) is 0 Å². The summed E-state index contributed by atoms with van der Waals surface area (Å²) in [6, 6.07) is 3.67. The van der Waals surface area contributed by atoms with Crippen molar-refractivity contribution in [2.24, 2.45) is 5.73 Å². The van der Waals surface area contributed by atoms with Crippen LogP contribution in [0.5, 0.6) is 0 Å². The maximum Gasteiger partial charge on any atom is 0.252 e. The third-order valence-electron chi connectivity index (χ3n) is 3.60. The molecule has 2 aromatic rings. The quantitative estimate of drug-likeness (QED) is 0.889. The van der Waals surface area contributed by atoms with Gasteiger partial charge in [0.05, 0.1) is 28.1 Å². The number of hydrogen-bond donors (Lipinski definition) is 2. The van der Waals surface area contributed by atoms with Crippen molar-refractivity contribution in [2.75, 3.05) is 0 Å². The highest BCUT2D eigenvalue weighted by Crippen LogP contribution is 2.41. The zero-order chi connectivity index (χ0) is 14.3. The van der Waals surface area contributed by atoms with Crippen LogP contribution in [0.2, 0.25) is 5.02 Å². The normalized spacial score (nSPS) is 17.8. The molecule has 1 atom stereocenters. The molecule has 3 N–H and O–H groups in total. The molecule has 1 unspecified atom stereocenters. The molecule has 3 heterocycles. The Bertz CT molecular complexity index is 667. The molecule has 0 saturated carbocycles. The first-order valence-corrected chi connectivity index (χ1v) is 6.79. The molecule has 104 valence electrons. The summed E-state index contributed by atoms with van der Waals surface area (Å²) in [5, 5.41) is 10.5. The zero-order valence-electron chi connectivity index (χ0n) is 10.7. The molecule has 0 saturated heterocycles. The zero-order valence-corrected chi connectivity index (χ0v) is 11.5. The van der Waals surface area contributed by atoms with Crippen molar-refractivity contribution in [1.82, 2.24) is 9.55 Å². The fraction of sp³-hybridized carbons (Fsp3) is 0.286. The first kappa shape index (κ1) is 13.1. The molecule has 0 bridgehead atoms. The number of carbonyl (C=O) groups excluding carboxylic acids is 1. The van der Waals surface area contributed by atoms with Gasteiger partial charge in [0.25, 0.3) is 5.91 Å². The van der Waals surface area contributed by atoms with Crippen LogP contribution >= 0.6 is 11.6 Å². The van der Waals surface area contributed by atoms with Gasteiger partial charge in [-0.15, -0.1) is 0 Å². The summed E-state index contributed by atoms with van der Waals surface area (Å²) >= 11 is 6.35. The van der Waals surface area contributed by atoms with E-state index in [9.17, 15) is 9.90 Å². The summed E-state index contributed by atoms with van der Waals surface area (Å²) in [6.07, 6.45) is 4.06. The lowest BCUT2D eigenvalue weighted by Gasteiger charge is -2.23. The molecule has 3 rings (SSSR count). The van der Waals surface area contributed by atoms with Crippen molar-refractivity contribution < 1.29 is 9.90 Å². The second kappa shape index (κ2) is 4.92. The van der Waals surface area contributed by atoms with Gasteiger partial charge in [-0.3, -0.25) is 9.78 Å². The van der Waals surface area contributed by atoms with E-state index in [1.165, 1.54) is 0 Å². The molecule has 0 aliphatic carbocycles. The summed E-state index contributed by atoms with van der Waals surface area (Å²) in [5.74, 6) is -0.616. The summed E-state index contributed by atoms with van der Waals surface area (Å²) in [7, 11) is 0. The van der Waals surface area contributed by atoms with E-state index in [1.54, 1.807) is 18.5 Å². The number of carbonyl (C=O) groups is 1. The predicted octanol–water partition coefficient (Wildman–Crippen LogP) is 2.13. The number of amides is 1. The second-order valence-corrected chi connectivity index (χ2v) is 5.22. The Morgan fingerprint density at radius 1 is 1.55 bits per heavy atom. The predicted molar refractivity (Wildman–Crippen MR) is 75.4 cm³/mol. The molecule has 6 heteroatoms. The number of halogens is 1. The Labute approximate surface area is 121 Å². The van der Waals surface area contributed by atoms with Gasteiger partial charge in [-0.2, -0.15) is 0 Å². The third kappa shape index (κ3) is 1.90. The molecular formula is C14H14ClN3O2. The average molecular weight is 292 g/mol. The molecule has 1 amide bonds. The molecule has 0 radical (unpaired) electrons. The molecule has 0 spiro atoms. The number of hydrogen-bond acceptors (Lipinski definition) is 3. The van der Waals surface area contributed by atoms with Crippen molar-refractivity contribution in [3.8, 4) is 11.3 Å². The largest absolute Gasteiger partial charge is 0.387 e. The van der Waals surface area contributed by atoms with Gasteiger partial charge in [0, 0.05) is 24.5 Å². The Kier molecular flexibility index (Phi) is 3.23. The van der Waals surface area contributed by atoms with Gasteiger partial charge in [-0.25, -0.2) is 0 Å². The lowest BCUT2D eigenvalue weighted by molar-refractivity contribution is 0.0983. The van der Waals surface area contributed by atoms with E-state index in [1.807, 2.05) is 10.6 Å². The van der Waals surface area contributed by atoms with Gasteiger partial charge in [0.2, 0.25) is 0 Å². The van der Waals surface area contributed by atoms with E-state index in [-0.39, 0.29) is 5.56 Å². The molecule has 1 aliphatic rings. The number of aromatic nitrogens is 2. The van der Waals surface area contributed by atoms with Gasteiger partial charge >= 0.3 is 0 Å². The van der Waals surface area contributed by atoms with Crippen LogP contribution in [0.25, 0.3) is 11.3 Å². The van der Waals surface area contributed by atoms with E-state index < -0.39 is 12.0 Å². The van der Waals surface area contributed by atoms with Crippen LogP contribution in [0.15, 0.2) is 24.5 Å². The number of rotatable bonds is 2. The van der Waals surface area contributed by atoms with Crippen LogP contribution in [0.3, 0.4) is 0 Å². The molecule has 0 aromatic carbocycles. The van der Waals surface area contributed by atoms with Gasteiger partial charge in [0.1, 0.15) is 0 Å². The number of nitrogens with two attached hydrogens (primary N) is 1. The SMILES string of the molecule is NC(=O)c1c(Cl)c(-c2cccnc2)n2c1C(O)CCC2. The number of aliphatic hydroxyl groups excluding tert-OH is 1. The van der Waals surface area contributed by atoms with Crippen LogP contribution in [-0.2, 0) is 6.54 Å². The van der Waals surface area contributed by atoms with E-state index in [4.69, 9.17) is 17.3 Å². The highest BCUT2D eigenvalue weighted by atomic mass is 35.5. The van der Waals surface area contributed by atoms with Crippen LogP contribution in [-0.4, -0.2) is 20.6 Å². The maximum absolute atomic E-state index is 11.7. The van der Waals surface area contributed by atoms with E-state index >= 15 is 0 Å². The van der Waals surface area contributed by atoms with Gasteiger partial charge in [-0.05, 0) is 25.0 Å². The van der Waals surface area contributed by atoms with Crippen LogP contribution in [0.1, 0.15) is 35.0 Å². The van der Waals surface area contributed by atoms with Gasteiger partial charge < -0.3 is 15.4 Å². The van der Waals surface area contributed by atoms with Crippen molar-refractivity contribution in [1.29, 1.82) is 0 Å². The smallest absolute Gasteiger partial charge is 0.252 e. The standard InChI is InChI=1S/C14H14ClN3O2/c15-11-10(14(16)20)13-9(19)4-2-6-18(13)12(11)8-3-1-5-17-7-8/h1,3,5,7,9,19H,2,4,6H2,(H2,16,20). The van der Waals surface area contributed by atoms with Crippen LogP contribution in [0.4, 0.5) is 0 Å². The Hall–Kier alpha value is -1.85. The minimum absolute atomic E-state index is 0.220. The Balaban J connectivity index is 2.31. The Morgan fingerprint density at radius 3 is 3.00 bits per heavy atom. The Morgan fingerprint density at radius 2 is 2.35 bits per heavy atom. The van der Waals surface area contributed by atoms with Crippen molar-refractivity contribution in [2.45, 2.75) is 25.5 Å². The third-order valence-corrected chi connectivity index (χ3v) is 3.97. The minimum atomic E-state index is -0.714. The number of aliphatic hydroxyl groups is 1. The highest BCUT2D eigenvalue weighted by molar-refractivity contribution is 6.36. The number of fused-ring (bicyclic) bond motifs is 1.